The highest BCUT2D eigenvalue weighted by atomic mass is 16.6. The maximum Gasteiger partial charge on any atom is 0.338 e. The molecule has 0 aliphatic heterocycles. The van der Waals surface area contributed by atoms with E-state index in [1.54, 1.807) is 65.8 Å². The zero-order valence-corrected chi connectivity index (χ0v) is 19.0. The third-order valence-electron chi connectivity index (χ3n) is 3.52. The molecule has 6 nitrogen and oxygen atoms in total. The van der Waals surface area contributed by atoms with E-state index in [-0.39, 0.29) is 12.8 Å². The lowest BCUT2D eigenvalue weighted by atomic mass is 9.94. The van der Waals surface area contributed by atoms with Crippen LogP contribution in [0, 0.1) is 5.92 Å². The summed E-state index contributed by atoms with van der Waals surface area (Å²) >= 11 is 0. The fourth-order valence-corrected chi connectivity index (χ4v) is 2.38. The predicted molar refractivity (Wildman–Crippen MR) is 113 cm³/mol. The smallest absolute Gasteiger partial charge is 0.338 e. The van der Waals surface area contributed by atoms with Gasteiger partial charge >= 0.3 is 17.9 Å². The molecule has 6 heteroatoms. The monoisotopic (exact) mass is 408 g/mol. The lowest BCUT2D eigenvalue weighted by Crippen LogP contribution is -2.30. The average molecular weight is 409 g/mol. The van der Waals surface area contributed by atoms with Crippen LogP contribution in [0.5, 0.6) is 0 Å². The van der Waals surface area contributed by atoms with Crippen LogP contribution in [-0.4, -0.2) is 34.2 Å². The second-order valence-electron chi connectivity index (χ2n) is 8.57. The molecule has 164 valence electrons. The zero-order valence-electron chi connectivity index (χ0n) is 19.0. The maximum atomic E-state index is 12.4. The first-order chi connectivity index (χ1) is 13.3. The molecule has 0 saturated carbocycles. The number of carbonyl (C=O) groups is 3. The second kappa shape index (κ2) is 11.6. The normalized spacial score (nSPS) is 12.3. The Kier molecular flexibility index (Phi) is 10.6. The summed E-state index contributed by atoms with van der Waals surface area (Å²) in [6.45, 7) is 14.7. The van der Waals surface area contributed by atoms with Crippen LogP contribution in [0.15, 0.2) is 24.3 Å². The fourth-order valence-electron chi connectivity index (χ4n) is 2.38. The number of carboxylic acid groups (broad SMARTS) is 1. The molecule has 0 radical (unpaired) electrons. The second-order valence-corrected chi connectivity index (χ2v) is 8.57. The van der Waals surface area contributed by atoms with Crippen molar-refractivity contribution in [3.8, 4) is 0 Å². The van der Waals surface area contributed by atoms with Crippen molar-refractivity contribution in [2.75, 3.05) is 0 Å². The van der Waals surface area contributed by atoms with Crippen molar-refractivity contribution in [3.63, 3.8) is 0 Å². The fraction of sp³-hybridized carbons (Fsp3) is 0.609. The minimum atomic E-state index is -0.955. The van der Waals surface area contributed by atoms with Crippen LogP contribution in [0.4, 0.5) is 0 Å². The summed E-state index contributed by atoms with van der Waals surface area (Å²) in [5.74, 6) is -2.35. The highest BCUT2D eigenvalue weighted by Crippen LogP contribution is 2.21. The maximum absolute atomic E-state index is 12.4. The molecule has 1 unspecified atom stereocenters. The molecule has 1 rings (SSSR count). The van der Waals surface area contributed by atoms with Crippen molar-refractivity contribution in [1.82, 2.24) is 0 Å². The van der Waals surface area contributed by atoms with Crippen LogP contribution < -0.4 is 0 Å². The van der Waals surface area contributed by atoms with Gasteiger partial charge in [-0.25, -0.2) is 4.79 Å². The SMILES string of the molecule is CC.CC(C)(C)OC(=O)c1ccc(CC(CCC(=O)O)C(=O)OC(C)(C)C)cc1. The van der Waals surface area contributed by atoms with Crippen LogP contribution in [0.2, 0.25) is 0 Å². The Hall–Kier alpha value is -2.37. The van der Waals surface area contributed by atoms with Crippen molar-refractivity contribution in [2.24, 2.45) is 5.92 Å². The molecular weight excluding hydrogens is 372 g/mol. The van der Waals surface area contributed by atoms with Gasteiger partial charge in [0.1, 0.15) is 11.2 Å². The van der Waals surface area contributed by atoms with E-state index in [9.17, 15) is 14.4 Å². The van der Waals surface area contributed by atoms with Gasteiger partial charge in [-0.2, -0.15) is 0 Å². The Morgan fingerprint density at radius 1 is 0.897 bits per heavy atom. The molecule has 0 heterocycles. The Morgan fingerprint density at radius 3 is 1.79 bits per heavy atom. The Bertz CT molecular complexity index is 662. The summed E-state index contributed by atoms with van der Waals surface area (Å²) in [4.78, 5) is 35.4. The molecule has 0 aliphatic rings. The molecule has 1 aromatic rings. The van der Waals surface area contributed by atoms with Gasteiger partial charge in [0.2, 0.25) is 0 Å². The third kappa shape index (κ3) is 11.9. The first kappa shape index (κ1) is 26.6. The summed E-state index contributed by atoms with van der Waals surface area (Å²) in [6, 6.07) is 6.79. The first-order valence-electron chi connectivity index (χ1n) is 10.0. The van der Waals surface area contributed by atoms with Gasteiger partial charge in [0, 0.05) is 6.42 Å². The van der Waals surface area contributed by atoms with Crippen molar-refractivity contribution < 1.29 is 29.0 Å². The van der Waals surface area contributed by atoms with Crippen molar-refractivity contribution in [1.29, 1.82) is 0 Å². The van der Waals surface area contributed by atoms with Crippen LogP contribution in [0.25, 0.3) is 0 Å². The summed E-state index contributed by atoms with van der Waals surface area (Å²) < 4.78 is 10.7. The van der Waals surface area contributed by atoms with E-state index in [1.165, 1.54) is 0 Å². The van der Waals surface area contributed by atoms with Crippen LogP contribution in [0.1, 0.15) is 84.2 Å². The van der Waals surface area contributed by atoms with Crippen molar-refractivity contribution in [2.45, 2.75) is 85.9 Å². The minimum Gasteiger partial charge on any atom is -0.481 e. The quantitative estimate of drug-likeness (QED) is 0.636. The van der Waals surface area contributed by atoms with Gasteiger partial charge in [-0.3, -0.25) is 9.59 Å². The third-order valence-corrected chi connectivity index (χ3v) is 3.52. The molecule has 1 N–H and O–H groups in total. The molecule has 0 aliphatic carbocycles. The van der Waals surface area contributed by atoms with Gasteiger partial charge in [0.15, 0.2) is 0 Å². The van der Waals surface area contributed by atoms with E-state index in [4.69, 9.17) is 14.6 Å². The number of hydrogen-bond acceptors (Lipinski definition) is 5. The van der Waals surface area contributed by atoms with E-state index in [1.807, 2.05) is 13.8 Å². The van der Waals surface area contributed by atoms with Crippen LogP contribution in [0.3, 0.4) is 0 Å². The highest BCUT2D eigenvalue weighted by Gasteiger charge is 2.26. The molecule has 29 heavy (non-hydrogen) atoms. The summed E-state index contributed by atoms with van der Waals surface area (Å²) in [7, 11) is 0. The predicted octanol–water partition coefficient (Wildman–Crippen LogP) is 5.03. The highest BCUT2D eigenvalue weighted by molar-refractivity contribution is 5.89. The van der Waals surface area contributed by atoms with E-state index < -0.39 is 35.0 Å². The molecule has 0 fully saturated rings. The van der Waals surface area contributed by atoms with Gasteiger partial charge < -0.3 is 14.6 Å². The average Bonchev–Trinajstić information content (AvgIpc) is 2.57. The molecular formula is C23H36O6. The molecule has 0 amide bonds. The number of benzene rings is 1. The Labute approximate surface area is 174 Å². The van der Waals surface area contributed by atoms with Gasteiger partial charge in [-0.05, 0) is 72.1 Å². The molecule has 0 spiro atoms. The first-order valence-corrected chi connectivity index (χ1v) is 10.0. The van der Waals surface area contributed by atoms with E-state index >= 15 is 0 Å². The summed E-state index contributed by atoms with van der Waals surface area (Å²) in [6.07, 6.45) is 0.425. The van der Waals surface area contributed by atoms with Crippen LogP contribution >= 0.6 is 0 Å². The van der Waals surface area contributed by atoms with Gasteiger partial charge in [0.05, 0.1) is 11.5 Å². The largest absolute Gasteiger partial charge is 0.481 e. The molecule has 0 aromatic heterocycles. The lowest BCUT2D eigenvalue weighted by Gasteiger charge is -2.24. The van der Waals surface area contributed by atoms with Crippen molar-refractivity contribution in [3.05, 3.63) is 35.4 Å². The summed E-state index contributed by atoms with van der Waals surface area (Å²) in [5, 5.41) is 8.93. The number of carboxylic acids is 1. The minimum absolute atomic E-state index is 0.111. The lowest BCUT2D eigenvalue weighted by molar-refractivity contribution is -0.160. The molecule has 0 bridgehead atoms. The number of rotatable bonds is 7. The van der Waals surface area contributed by atoms with Gasteiger partial charge in [-0.1, -0.05) is 26.0 Å². The van der Waals surface area contributed by atoms with Crippen molar-refractivity contribution >= 4 is 17.9 Å². The molecule has 1 aromatic carbocycles. The standard InChI is InChI=1S/C21H30O6.C2H6/c1-20(2,3)26-18(24)15-9-7-14(8-10-15)13-16(11-12-17(22)23)19(25)27-21(4,5)6;1-2/h7-10,16H,11-13H2,1-6H3,(H,22,23);1-2H3. The topological polar surface area (TPSA) is 89.9 Å². The van der Waals surface area contributed by atoms with E-state index in [0.717, 1.165) is 5.56 Å². The molecule has 1 atom stereocenters. The van der Waals surface area contributed by atoms with E-state index in [2.05, 4.69) is 0 Å². The number of hydrogen-bond donors (Lipinski definition) is 1. The van der Waals surface area contributed by atoms with E-state index in [0.29, 0.717) is 12.0 Å². The Balaban J connectivity index is 0.00000379. The van der Waals surface area contributed by atoms with Gasteiger partial charge in [-0.15, -0.1) is 0 Å². The number of carbonyl (C=O) groups excluding carboxylic acids is 2. The Morgan fingerprint density at radius 2 is 1.38 bits per heavy atom. The van der Waals surface area contributed by atoms with Gasteiger partial charge in [0.25, 0.3) is 0 Å². The number of ether oxygens (including phenoxy) is 2. The zero-order chi connectivity index (χ0) is 22.8. The number of esters is 2. The number of aliphatic carboxylic acids is 1. The summed E-state index contributed by atoms with van der Waals surface area (Å²) in [5.41, 5.74) is 0.0321. The van der Waals surface area contributed by atoms with Crippen LogP contribution in [-0.2, 0) is 25.5 Å². The molecule has 0 saturated heterocycles.